The zero-order valence-electron chi connectivity index (χ0n) is 13.1. The molecule has 4 nitrogen and oxygen atoms in total. The normalized spacial score (nSPS) is 13.2. The average Bonchev–Trinajstić information content (AvgIpc) is 2.50. The van der Waals surface area contributed by atoms with Gasteiger partial charge >= 0.3 is 5.97 Å². The predicted octanol–water partition coefficient (Wildman–Crippen LogP) is 4.40. The molecule has 0 fully saturated rings. The molecule has 0 aromatic heterocycles. The lowest BCUT2D eigenvalue weighted by atomic mass is 9.92. The van der Waals surface area contributed by atoms with Crippen molar-refractivity contribution in [3.63, 3.8) is 0 Å². The number of rotatable bonds is 6. The third-order valence-corrected chi connectivity index (χ3v) is 3.85. The van der Waals surface area contributed by atoms with Gasteiger partial charge in [-0.15, -0.1) is 0 Å². The third-order valence-electron chi connectivity index (χ3n) is 3.32. The number of ether oxygens (including phenoxy) is 2. The number of esters is 1. The van der Waals surface area contributed by atoms with Crippen molar-refractivity contribution in [2.45, 2.75) is 25.9 Å². The molecule has 122 valence electrons. The first-order valence-electron chi connectivity index (χ1n) is 7.32. The molecule has 2 aromatic rings. The summed E-state index contributed by atoms with van der Waals surface area (Å²) in [6, 6.07) is 14.5. The van der Waals surface area contributed by atoms with E-state index in [0.717, 1.165) is 10.2 Å². The Morgan fingerprint density at radius 3 is 2.13 bits per heavy atom. The van der Waals surface area contributed by atoms with Crippen molar-refractivity contribution in [3.8, 4) is 11.5 Å². The molecular formula is C18H19BrO4. The summed E-state index contributed by atoms with van der Waals surface area (Å²) in [5.74, 6) is 0.954. The highest BCUT2D eigenvalue weighted by Crippen LogP contribution is 2.29. The molecule has 0 spiro atoms. The van der Waals surface area contributed by atoms with Crippen LogP contribution < -0.4 is 4.74 Å². The second-order valence-electron chi connectivity index (χ2n) is 5.34. The molecule has 0 aliphatic rings. The first kappa shape index (κ1) is 17.5. The summed E-state index contributed by atoms with van der Waals surface area (Å²) in [7, 11) is 0. The number of halogens is 1. The van der Waals surface area contributed by atoms with E-state index >= 15 is 0 Å². The number of benzene rings is 2. The number of aliphatic hydroxyl groups is 1. The van der Waals surface area contributed by atoms with Crippen molar-refractivity contribution in [3.05, 3.63) is 58.6 Å². The molecule has 0 aliphatic heterocycles. The predicted molar refractivity (Wildman–Crippen MR) is 91.5 cm³/mol. The van der Waals surface area contributed by atoms with E-state index in [1.807, 2.05) is 24.3 Å². The first-order chi connectivity index (χ1) is 10.9. The Morgan fingerprint density at radius 1 is 1.09 bits per heavy atom. The average molecular weight is 379 g/mol. The summed E-state index contributed by atoms with van der Waals surface area (Å²) in [6.07, 6.45) is -0.0895. The largest absolute Gasteiger partial charge is 0.466 e. The van der Waals surface area contributed by atoms with Crippen LogP contribution in [0.2, 0.25) is 0 Å². The van der Waals surface area contributed by atoms with Gasteiger partial charge in [-0.3, -0.25) is 4.79 Å². The molecule has 0 radical (unpaired) electrons. The van der Waals surface area contributed by atoms with E-state index in [1.54, 1.807) is 38.1 Å². The second-order valence-corrected chi connectivity index (χ2v) is 6.25. The Kier molecular flexibility index (Phi) is 5.80. The SMILES string of the molecule is CCOC(=O)CC(C)(O)c1ccc(Oc2ccc(Br)cc2)cc1. The lowest BCUT2D eigenvalue weighted by Crippen LogP contribution is -2.26. The summed E-state index contributed by atoms with van der Waals surface area (Å²) in [5, 5.41) is 10.4. The summed E-state index contributed by atoms with van der Waals surface area (Å²) < 4.78 is 11.6. The Labute approximate surface area is 144 Å². The highest BCUT2D eigenvalue weighted by atomic mass is 79.9. The molecule has 1 atom stereocenters. The summed E-state index contributed by atoms with van der Waals surface area (Å²) in [5.41, 5.74) is -0.642. The molecule has 0 heterocycles. The highest BCUT2D eigenvalue weighted by molar-refractivity contribution is 9.10. The van der Waals surface area contributed by atoms with Gasteiger partial charge in [0.1, 0.15) is 11.5 Å². The van der Waals surface area contributed by atoms with Crippen molar-refractivity contribution in [1.29, 1.82) is 0 Å². The minimum Gasteiger partial charge on any atom is -0.466 e. The monoisotopic (exact) mass is 378 g/mol. The van der Waals surface area contributed by atoms with E-state index in [4.69, 9.17) is 9.47 Å². The van der Waals surface area contributed by atoms with Crippen LogP contribution in [0.5, 0.6) is 11.5 Å². The van der Waals surface area contributed by atoms with E-state index in [9.17, 15) is 9.90 Å². The fraction of sp³-hybridized carbons (Fsp3) is 0.278. The maximum Gasteiger partial charge on any atom is 0.309 e. The Bertz CT molecular complexity index is 648. The molecular weight excluding hydrogens is 360 g/mol. The van der Waals surface area contributed by atoms with Gasteiger partial charge in [-0.05, 0) is 55.8 Å². The molecule has 0 saturated carbocycles. The molecule has 5 heteroatoms. The molecule has 1 unspecified atom stereocenters. The zero-order chi connectivity index (χ0) is 16.9. The lowest BCUT2D eigenvalue weighted by Gasteiger charge is -2.23. The van der Waals surface area contributed by atoms with E-state index < -0.39 is 11.6 Å². The molecule has 2 rings (SSSR count). The van der Waals surface area contributed by atoms with Crippen LogP contribution in [0.3, 0.4) is 0 Å². The van der Waals surface area contributed by atoms with Gasteiger partial charge in [0.2, 0.25) is 0 Å². The van der Waals surface area contributed by atoms with Gasteiger partial charge in [0.05, 0.1) is 18.6 Å². The molecule has 2 aromatic carbocycles. The van der Waals surface area contributed by atoms with Crippen molar-refractivity contribution in [2.24, 2.45) is 0 Å². The highest BCUT2D eigenvalue weighted by Gasteiger charge is 2.27. The van der Waals surface area contributed by atoms with Gasteiger partial charge in [-0.2, -0.15) is 0 Å². The van der Waals surface area contributed by atoms with Crippen molar-refractivity contribution in [2.75, 3.05) is 6.61 Å². The maximum absolute atomic E-state index is 11.6. The van der Waals surface area contributed by atoms with Crippen LogP contribution >= 0.6 is 15.9 Å². The molecule has 1 N–H and O–H groups in total. The van der Waals surface area contributed by atoms with Crippen LogP contribution in [0.4, 0.5) is 0 Å². The Hall–Kier alpha value is -1.85. The van der Waals surface area contributed by atoms with Crippen LogP contribution in [-0.4, -0.2) is 17.7 Å². The van der Waals surface area contributed by atoms with Gasteiger partial charge < -0.3 is 14.6 Å². The summed E-state index contributed by atoms with van der Waals surface area (Å²) >= 11 is 3.37. The summed E-state index contributed by atoms with van der Waals surface area (Å²) in [6.45, 7) is 3.63. The van der Waals surface area contributed by atoms with Gasteiger partial charge in [-0.25, -0.2) is 0 Å². The van der Waals surface area contributed by atoms with E-state index in [1.165, 1.54) is 0 Å². The van der Waals surface area contributed by atoms with Gasteiger partial charge in [0.25, 0.3) is 0 Å². The molecule has 0 amide bonds. The standard InChI is InChI=1S/C18H19BrO4/c1-3-22-17(20)12-18(2,21)13-4-8-15(9-5-13)23-16-10-6-14(19)7-11-16/h4-11,21H,3,12H2,1-2H3. The number of hydrogen-bond acceptors (Lipinski definition) is 4. The lowest BCUT2D eigenvalue weighted by molar-refractivity contribution is -0.148. The van der Waals surface area contributed by atoms with Gasteiger partial charge in [0, 0.05) is 4.47 Å². The minimum atomic E-state index is -1.28. The van der Waals surface area contributed by atoms with Crippen LogP contribution in [-0.2, 0) is 15.1 Å². The number of carbonyl (C=O) groups excluding carboxylic acids is 1. The maximum atomic E-state index is 11.6. The van der Waals surface area contributed by atoms with E-state index in [2.05, 4.69) is 15.9 Å². The molecule has 23 heavy (non-hydrogen) atoms. The van der Waals surface area contributed by atoms with Crippen LogP contribution in [0.15, 0.2) is 53.0 Å². The molecule has 0 saturated heterocycles. The molecule has 0 aliphatic carbocycles. The Morgan fingerprint density at radius 2 is 1.61 bits per heavy atom. The van der Waals surface area contributed by atoms with E-state index in [0.29, 0.717) is 17.9 Å². The van der Waals surface area contributed by atoms with E-state index in [-0.39, 0.29) is 6.42 Å². The Balaban J connectivity index is 2.06. The van der Waals surface area contributed by atoms with Gasteiger partial charge in [-0.1, -0.05) is 28.1 Å². The number of carbonyl (C=O) groups is 1. The second kappa shape index (κ2) is 7.62. The van der Waals surface area contributed by atoms with Crippen molar-refractivity contribution >= 4 is 21.9 Å². The van der Waals surface area contributed by atoms with Crippen LogP contribution in [0.25, 0.3) is 0 Å². The first-order valence-corrected chi connectivity index (χ1v) is 8.12. The zero-order valence-corrected chi connectivity index (χ0v) is 14.7. The molecule has 0 bridgehead atoms. The quantitative estimate of drug-likeness (QED) is 0.756. The smallest absolute Gasteiger partial charge is 0.309 e. The number of hydrogen-bond donors (Lipinski definition) is 1. The van der Waals surface area contributed by atoms with Crippen LogP contribution in [0, 0.1) is 0 Å². The fourth-order valence-electron chi connectivity index (χ4n) is 2.12. The van der Waals surface area contributed by atoms with Crippen LogP contribution in [0.1, 0.15) is 25.8 Å². The summed E-state index contributed by atoms with van der Waals surface area (Å²) in [4.78, 5) is 11.6. The minimum absolute atomic E-state index is 0.0895. The third kappa shape index (κ3) is 5.08. The van der Waals surface area contributed by atoms with Crippen molar-refractivity contribution in [1.82, 2.24) is 0 Å². The topological polar surface area (TPSA) is 55.8 Å². The fourth-order valence-corrected chi connectivity index (χ4v) is 2.38. The van der Waals surface area contributed by atoms with Gasteiger partial charge in [0.15, 0.2) is 0 Å². The van der Waals surface area contributed by atoms with Crippen molar-refractivity contribution < 1.29 is 19.4 Å².